The summed E-state index contributed by atoms with van der Waals surface area (Å²) in [5.41, 5.74) is 7.10. The van der Waals surface area contributed by atoms with E-state index in [9.17, 15) is 13.2 Å². The van der Waals surface area contributed by atoms with Gasteiger partial charge >= 0.3 is 0 Å². The number of carbonyl (C=O) groups is 1. The smallest absolute Gasteiger partial charge is 0.244 e. The van der Waals surface area contributed by atoms with Crippen LogP contribution in [0.2, 0.25) is 0 Å². The molecule has 1 aromatic carbocycles. The van der Waals surface area contributed by atoms with Crippen LogP contribution < -0.4 is 10.6 Å². The fourth-order valence-corrected chi connectivity index (χ4v) is 4.54. The van der Waals surface area contributed by atoms with Crippen LogP contribution in [0.5, 0.6) is 0 Å². The number of pyridine rings is 1. The SMILES string of the molecule is CC#CC1CN(S(=O)(=O)c2ccc(N)nc2)CCN1c1ccc(C(C)=O)cc1. The zero-order chi connectivity index (χ0) is 20.3. The highest BCUT2D eigenvalue weighted by Gasteiger charge is 2.33. The molecule has 8 heteroatoms. The molecule has 1 atom stereocenters. The van der Waals surface area contributed by atoms with Gasteiger partial charge in [-0.05, 0) is 50.2 Å². The van der Waals surface area contributed by atoms with E-state index in [4.69, 9.17) is 5.73 Å². The number of carbonyl (C=O) groups excluding carboxylic acids is 1. The zero-order valence-corrected chi connectivity index (χ0v) is 16.6. The second-order valence-corrected chi connectivity index (χ2v) is 8.43. The molecule has 1 fully saturated rings. The van der Waals surface area contributed by atoms with Crippen molar-refractivity contribution in [1.29, 1.82) is 0 Å². The highest BCUT2D eigenvalue weighted by atomic mass is 32.2. The Morgan fingerprint density at radius 2 is 1.89 bits per heavy atom. The molecule has 1 unspecified atom stereocenters. The highest BCUT2D eigenvalue weighted by molar-refractivity contribution is 7.89. The Hall–Kier alpha value is -2.89. The normalized spacial score (nSPS) is 17.6. The van der Waals surface area contributed by atoms with E-state index in [1.807, 2.05) is 12.1 Å². The van der Waals surface area contributed by atoms with Crippen molar-refractivity contribution in [3.8, 4) is 11.8 Å². The monoisotopic (exact) mass is 398 g/mol. The van der Waals surface area contributed by atoms with E-state index in [0.717, 1.165) is 5.69 Å². The van der Waals surface area contributed by atoms with Crippen molar-refractivity contribution in [3.63, 3.8) is 0 Å². The van der Waals surface area contributed by atoms with Gasteiger partial charge in [-0.3, -0.25) is 4.79 Å². The van der Waals surface area contributed by atoms with Gasteiger partial charge in [0.25, 0.3) is 0 Å². The minimum absolute atomic E-state index is 0.00414. The third kappa shape index (κ3) is 4.01. The first-order valence-corrected chi connectivity index (χ1v) is 10.3. The van der Waals surface area contributed by atoms with Gasteiger partial charge in [-0.2, -0.15) is 4.31 Å². The van der Waals surface area contributed by atoms with E-state index in [1.54, 1.807) is 19.1 Å². The molecule has 3 rings (SSSR count). The summed E-state index contributed by atoms with van der Waals surface area (Å²) in [6.45, 7) is 4.30. The Labute approximate surface area is 165 Å². The van der Waals surface area contributed by atoms with Crippen molar-refractivity contribution < 1.29 is 13.2 Å². The average Bonchev–Trinajstić information content (AvgIpc) is 2.68. The highest BCUT2D eigenvalue weighted by Crippen LogP contribution is 2.25. The molecule has 0 saturated carbocycles. The minimum atomic E-state index is -3.68. The Kier molecular flexibility index (Phi) is 5.68. The third-order valence-corrected chi connectivity index (χ3v) is 6.51. The second-order valence-electron chi connectivity index (χ2n) is 6.49. The van der Waals surface area contributed by atoms with Crippen molar-refractivity contribution in [2.24, 2.45) is 0 Å². The molecule has 0 spiro atoms. The summed E-state index contributed by atoms with van der Waals surface area (Å²) in [5.74, 6) is 6.27. The number of hydrogen-bond donors (Lipinski definition) is 1. The summed E-state index contributed by atoms with van der Waals surface area (Å²) in [7, 11) is -3.68. The Morgan fingerprint density at radius 1 is 1.18 bits per heavy atom. The van der Waals surface area contributed by atoms with Crippen LogP contribution in [0.1, 0.15) is 24.2 Å². The van der Waals surface area contributed by atoms with Crippen LogP contribution in [0.15, 0.2) is 47.5 Å². The zero-order valence-electron chi connectivity index (χ0n) is 15.8. The number of benzene rings is 1. The molecule has 2 N–H and O–H groups in total. The number of hydrogen-bond acceptors (Lipinski definition) is 6. The molecule has 1 aromatic heterocycles. The molecule has 28 heavy (non-hydrogen) atoms. The van der Waals surface area contributed by atoms with Crippen LogP contribution in [0.4, 0.5) is 11.5 Å². The second kappa shape index (κ2) is 8.00. The largest absolute Gasteiger partial charge is 0.384 e. The number of aromatic nitrogens is 1. The summed E-state index contributed by atoms with van der Waals surface area (Å²) in [5, 5.41) is 0. The standard InChI is InChI=1S/C20H22N4O3S/c1-3-4-18-14-23(28(26,27)19-9-10-20(21)22-13-19)11-12-24(18)17-7-5-16(6-8-17)15(2)25/h5-10,13,18H,11-12,14H2,1-2H3,(H2,21,22). The van der Waals surface area contributed by atoms with E-state index in [1.165, 1.54) is 29.6 Å². The molecule has 1 aliphatic rings. The Bertz CT molecular complexity index is 1020. The summed E-state index contributed by atoms with van der Waals surface area (Å²) >= 11 is 0. The lowest BCUT2D eigenvalue weighted by Gasteiger charge is -2.39. The van der Waals surface area contributed by atoms with Gasteiger partial charge in [-0.25, -0.2) is 13.4 Å². The fraction of sp³-hybridized carbons (Fsp3) is 0.300. The number of ketones is 1. The van der Waals surface area contributed by atoms with Crippen molar-refractivity contribution in [2.45, 2.75) is 24.8 Å². The molecule has 7 nitrogen and oxygen atoms in total. The topological polar surface area (TPSA) is 96.6 Å². The van der Waals surface area contributed by atoms with Gasteiger partial charge in [0.1, 0.15) is 16.8 Å². The van der Waals surface area contributed by atoms with Crippen LogP contribution in [0, 0.1) is 11.8 Å². The van der Waals surface area contributed by atoms with Gasteiger partial charge in [0.2, 0.25) is 10.0 Å². The number of sulfonamides is 1. The van der Waals surface area contributed by atoms with Gasteiger partial charge in [0.05, 0.1) is 0 Å². The first kappa shape index (κ1) is 19.9. The number of piperazine rings is 1. The van der Waals surface area contributed by atoms with Gasteiger partial charge in [0.15, 0.2) is 5.78 Å². The van der Waals surface area contributed by atoms with Crippen LogP contribution in [0.25, 0.3) is 0 Å². The predicted octanol–water partition coefficient (Wildman–Crippen LogP) is 1.77. The number of nitrogen functional groups attached to an aromatic ring is 1. The molecule has 0 bridgehead atoms. The first-order chi connectivity index (χ1) is 13.3. The van der Waals surface area contributed by atoms with Crippen LogP contribution in [0.3, 0.4) is 0 Å². The average molecular weight is 398 g/mol. The minimum Gasteiger partial charge on any atom is -0.384 e. The van der Waals surface area contributed by atoms with Crippen LogP contribution >= 0.6 is 0 Å². The maximum absolute atomic E-state index is 13.0. The number of anilines is 2. The molecular formula is C20H22N4O3S. The summed E-state index contributed by atoms with van der Waals surface area (Å²) < 4.78 is 27.3. The number of nitrogens with zero attached hydrogens (tertiary/aromatic N) is 3. The summed E-state index contributed by atoms with van der Waals surface area (Å²) in [6.07, 6.45) is 1.28. The van der Waals surface area contributed by atoms with Crippen LogP contribution in [-0.2, 0) is 10.0 Å². The molecule has 0 amide bonds. The van der Waals surface area contributed by atoms with Gasteiger partial charge in [0, 0.05) is 37.1 Å². The molecule has 1 saturated heterocycles. The van der Waals surface area contributed by atoms with E-state index < -0.39 is 10.0 Å². The molecule has 146 valence electrons. The fourth-order valence-electron chi connectivity index (χ4n) is 3.16. The van der Waals surface area contributed by atoms with Crippen molar-refractivity contribution in [2.75, 3.05) is 30.3 Å². The lowest BCUT2D eigenvalue weighted by molar-refractivity contribution is 0.101. The predicted molar refractivity (Wildman–Crippen MR) is 108 cm³/mol. The molecule has 2 heterocycles. The molecular weight excluding hydrogens is 376 g/mol. The molecule has 1 aliphatic heterocycles. The van der Waals surface area contributed by atoms with Gasteiger partial charge in [-0.15, -0.1) is 5.92 Å². The van der Waals surface area contributed by atoms with Gasteiger partial charge in [-0.1, -0.05) is 5.92 Å². The van der Waals surface area contributed by atoms with Crippen molar-refractivity contribution in [3.05, 3.63) is 48.2 Å². The van der Waals surface area contributed by atoms with Crippen molar-refractivity contribution >= 4 is 27.3 Å². The Morgan fingerprint density at radius 3 is 2.46 bits per heavy atom. The summed E-state index contributed by atoms with van der Waals surface area (Å²) in [4.78, 5) is 17.6. The number of rotatable bonds is 4. The third-order valence-electron chi connectivity index (χ3n) is 4.66. The first-order valence-electron chi connectivity index (χ1n) is 8.84. The number of Topliss-reactive ketones (excluding diaryl/α,β-unsaturated/α-hetero) is 1. The van der Waals surface area contributed by atoms with Crippen LogP contribution in [-0.4, -0.2) is 49.2 Å². The lowest BCUT2D eigenvalue weighted by Crippen LogP contribution is -2.54. The quantitative estimate of drug-likeness (QED) is 0.623. The van der Waals surface area contributed by atoms with E-state index >= 15 is 0 Å². The maximum Gasteiger partial charge on any atom is 0.244 e. The van der Waals surface area contributed by atoms with E-state index in [-0.39, 0.29) is 29.1 Å². The molecule has 0 aliphatic carbocycles. The lowest BCUT2D eigenvalue weighted by atomic mass is 10.1. The van der Waals surface area contributed by atoms with Gasteiger partial charge < -0.3 is 10.6 Å². The summed E-state index contributed by atoms with van der Waals surface area (Å²) in [6, 6.07) is 9.94. The number of nitrogens with two attached hydrogens (primary N) is 1. The Balaban J connectivity index is 1.85. The molecule has 2 aromatic rings. The molecule has 0 radical (unpaired) electrons. The maximum atomic E-state index is 13.0. The van der Waals surface area contributed by atoms with E-state index in [0.29, 0.717) is 18.7 Å². The van der Waals surface area contributed by atoms with Crippen molar-refractivity contribution in [1.82, 2.24) is 9.29 Å². The van der Waals surface area contributed by atoms with E-state index in [2.05, 4.69) is 21.7 Å².